The van der Waals surface area contributed by atoms with E-state index in [1.807, 2.05) is 0 Å². The molecule has 0 bridgehead atoms. The predicted molar refractivity (Wildman–Crippen MR) is 144 cm³/mol. The number of carboxylic acids is 1. The van der Waals surface area contributed by atoms with Crippen molar-refractivity contribution in [3.63, 3.8) is 0 Å². The Labute approximate surface area is 243 Å². The van der Waals surface area contributed by atoms with E-state index < -0.39 is 78.0 Å². The third-order valence-corrected chi connectivity index (χ3v) is 7.24. The highest BCUT2D eigenvalue weighted by atomic mass is 35.5. The molecule has 5 amide bonds. The number of phenols is 2. The Hall–Kier alpha value is -4.54. The van der Waals surface area contributed by atoms with Crippen LogP contribution in [0.1, 0.15) is 34.5 Å². The van der Waals surface area contributed by atoms with E-state index in [1.165, 1.54) is 19.1 Å². The zero-order valence-corrected chi connectivity index (χ0v) is 22.7. The van der Waals surface area contributed by atoms with Crippen molar-refractivity contribution in [2.45, 2.75) is 31.4 Å². The van der Waals surface area contributed by atoms with E-state index in [2.05, 4.69) is 10.6 Å². The quantitative estimate of drug-likeness (QED) is 0.120. The van der Waals surface area contributed by atoms with Gasteiger partial charge in [0, 0.05) is 18.7 Å². The number of aliphatic hydroxyl groups excluding tert-OH is 1. The van der Waals surface area contributed by atoms with Crippen LogP contribution in [-0.2, 0) is 20.8 Å². The summed E-state index contributed by atoms with van der Waals surface area (Å²) in [5.41, 5.74) is -0.0340. The van der Waals surface area contributed by atoms with Gasteiger partial charge in [0.2, 0.25) is 5.91 Å². The Bertz CT molecular complexity index is 1460. The molecule has 0 aliphatic carbocycles. The summed E-state index contributed by atoms with van der Waals surface area (Å²) in [5, 5.41) is 53.5. The van der Waals surface area contributed by atoms with Crippen LogP contribution >= 0.6 is 11.6 Å². The number of benzene rings is 2. The smallest absolute Gasteiger partial charge is 0.534 e. The normalized spacial score (nSPS) is 19.1. The molecule has 0 spiro atoms. The number of β-amino-alcohol motifs (C(OH)–C–C–N with tert-alkyl or cyclic N) is 1. The second-order valence-electron chi connectivity index (χ2n) is 9.64. The molecule has 3 atom stereocenters. The van der Waals surface area contributed by atoms with Crippen molar-refractivity contribution in [1.29, 1.82) is 0 Å². The number of urea groups is 1. The third-order valence-electron chi connectivity index (χ3n) is 6.85. The molecule has 15 nitrogen and oxygen atoms in total. The van der Waals surface area contributed by atoms with E-state index in [0.717, 1.165) is 17.0 Å². The average molecular weight is 605 g/mol. The number of para-hydroxylation sites is 1. The molecule has 0 radical (unpaired) electrons. The molecular weight excluding hydrogens is 579 g/mol. The van der Waals surface area contributed by atoms with E-state index in [1.54, 1.807) is 6.07 Å². The summed E-state index contributed by atoms with van der Waals surface area (Å²) < 4.78 is 5.39. The van der Waals surface area contributed by atoms with Crippen LogP contribution < -0.4 is 15.3 Å². The van der Waals surface area contributed by atoms with Gasteiger partial charge < -0.3 is 45.6 Å². The van der Waals surface area contributed by atoms with E-state index >= 15 is 0 Å². The number of aromatic carboxylic acids is 1. The molecule has 17 heteroatoms. The second kappa shape index (κ2) is 12.1. The molecule has 2 heterocycles. The minimum atomic E-state index is -1.74. The standard InChI is InChI=1S/C25H26BClN4O11/c1-11-10-30(7-8-32)22(36)23(37)31(11)25(40)29-18(13-5-6-15(33)19(34)17(13)27)21(35)28-16-9-12-3-2-4-14(24(38)39)20(12)42-26(16)41/h2-6,11,16,18,32-34,41H,7-10H2,1H3,(H,28,35)(H,29,40)(H,38,39)/t11-,16-,18?/m0/s1. The number of halogens is 1. The molecule has 1 saturated heterocycles. The maximum atomic E-state index is 13.6. The van der Waals surface area contributed by atoms with Crippen molar-refractivity contribution < 1.29 is 54.1 Å². The zero-order valence-electron chi connectivity index (χ0n) is 22.0. The van der Waals surface area contributed by atoms with Crippen LogP contribution in [0.4, 0.5) is 4.79 Å². The van der Waals surface area contributed by atoms with Crippen LogP contribution in [0.25, 0.3) is 0 Å². The molecule has 2 aromatic rings. The monoisotopic (exact) mass is 604 g/mol. The molecule has 4 rings (SSSR count). The summed E-state index contributed by atoms with van der Waals surface area (Å²) in [4.78, 5) is 65.3. The van der Waals surface area contributed by atoms with E-state index in [4.69, 9.17) is 21.4 Å². The first-order valence-electron chi connectivity index (χ1n) is 12.6. The molecule has 0 aromatic heterocycles. The Kier molecular flexibility index (Phi) is 8.79. The number of amides is 5. The lowest BCUT2D eigenvalue weighted by Crippen LogP contribution is -2.63. The summed E-state index contributed by atoms with van der Waals surface area (Å²) >= 11 is 6.19. The van der Waals surface area contributed by atoms with Gasteiger partial charge in [0.25, 0.3) is 0 Å². The molecule has 0 saturated carbocycles. The minimum Gasteiger partial charge on any atom is -0.534 e. The fourth-order valence-corrected chi connectivity index (χ4v) is 5.05. The Morgan fingerprint density at radius 2 is 1.88 bits per heavy atom. The zero-order chi connectivity index (χ0) is 30.9. The number of aromatic hydroxyl groups is 2. The number of carbonyl (C=O) groups is 5. The van der Waals surface area contributed by atoms with Crippen molar-refractivity contribution in [2.75, 3.05) is 19.7 Å². The first-order valence-corrected chi connectivity index (χ1v) is 13.0. The number of aliphatic hydroxyl groups is 1. The molecule has 42 heavy (non-hydrogen) atoms. The van der Waals surface area contributed by atoms with Gasteiger partial charge >= 0.3 is 30.9 Å². The number of hydrogen-bond donors (Lipinski definition) is 7. The number of imide groups is 1. The molecule has 7 N–H and O–H groups in total. The van der Waals surface area contributed by atoms with Gasteiger partial charge in [0.15, 0.2) is 11.5 Å². The second-order valence-corrected chi connectivity index (χ2v) is 10.0. The summed E-state index contributed by atoms with van der Waals surface area (Å²) in [6.07, 6.45) is -0.0740. The van der Waals surface area contributed by atoms with Gasteiger partial charge in [-0.2, -0.15) is 0 Å². The number of piperazine rings is 1. The van der Waals surface area contributed by atoms with Crippen LogP contribution in [0, 0.1) is 0 Å². The van der Waals surface area contributed by atoms with Gasteiger partial charge in [0.1, 0.15) is 11.8 Å². The van der Waals surface area contributed by atoms with Gasteiger partial charge in [-0.25, -0.2) is 9.59 Å². The summed E-state index contributed by atoms with van der Waals surface area (Å²) in [5.74, 6) is -7.17. The largest absolute Gasteiger partial charge is 0.547 e. The van der Waals surface area contributed by atoms with Crippen LogP contribution in [0.3, 0.4) is 0 Å². The maximum Gasteiger partial charge on any atom is 0.547 e. The SMILES string of the molecule is C[C@H]1CN(CCO)C(=O)C(=O)N1C(=O)NC(C(=O)N[C@H]1Cc2cccc(C(=O)O)c2OB1O)c1ccc(O)c(O)c1Cl. The van der Waals surface area contributed by atoms with Crippen molar-refractivity contribution in [3.05, 3.63) is 52.0 Å². The highest BCUT2D eigenvalue weighted by Gasteiger charge is 2.43. The lowest BCUT2D eigenvalue weighted by atomic mass is 9.72. The summed E-state index contributed by atoms with van der Waals surface area (Å²) in [6.45, 7) is 0.864. The highest BCUT2D eigenvalue weighted by Crippen LogP contribution is 2.38. The summed E-state index contributed by atoms with van der Waals surface area (Å²) in [7, 11) is -1.71. The molecule has 1 unspecified atom stereocenters. The molecule has 2 aliphatic heterocycles. The van der Waals surface area contributed by atoms with Gasteiger partial charge in [-0.15, -0.1) is 0 Å². The lowest BCUT2D eigenvalue weighted by molar-refractivity contribution is -0.156. The van der Waals surface area contributed by atoms with Crippen LogP contribution in [0.5, 0.6) is 17.2 Å². The number of carbonyl (C=O) groups excluding carboxylic acids is 4. The Morgan fingerprint density at radius 3 is 2.55 bits per heavy atom. The highest BCUT2D eigenvalue weighted by molar-refractivity contribution is 6.47. The third kappa shape index (κ3) is 5.77. The van der Waals surface area contributed by atoms with E-state index in [0.29, 0.717) is 10.5 Å². The first-order chi connectivity index (χ1) is 19.8. The molecule has 2 aliphatic rings. The number of nitrogens with one attached hydrogen (secondary N) is 2. The number of phenolic OH excluding ortho intramolecular Hbond substituents is 2. The van der Waals surface area contributed by atoms with E-state index in [9.17, 15) is 44.3 Å². The van der Waals surface area contributed by atoms with Crippen LogP contribution in [0.15, 0.2) is 30.3 Å². The molecule has 1 fully saturated rings. The Balaban J connectivity index is 1.62. The van der Waals surface area contributed by atoms with E-state index in [-0.39, 0.29) is 36.4 Å². The number of hydrogen-bond acceptors (Lipinski definition) is 10. The lowest BCUT2D eigenvalue weighted by Gasteiger charge is -2.38. The average Bonchev–Trinajstić information content (AvgIpc) is 2.93. The number of carboxylic acid groups (broad SMARTS) is 1. The molecule has 2 aromatic carbocycles. The number of rotatable bonds is 7. The van der Waals surface area contributed by atoms with Crippen molar-refractivity contribution in [1.82, 2.24) is 20.4 Å². The fraction of sp³-hybridized carbons (Fsp3) is 0.320. The van der Waals surface area contributed by atoms with Crippen LogP contribution in [0.2, 0.25) is 5.02 Å². The topological polar surface area (TPSA) is 226 Å². The van der Waals surface area contributed by atoms with Gasteiger partial charge in [0.05, 0.1) is 29.2 Å². The minimum absolute atomic E-state index is 0.0724. The van der Waals surface area contributed by atoms with Crippen molar-refractivity contribution in [2.24, 2.45) is 0 Å². The van der Waals surface area contributed by atoms with Crippen molar-refractivity contribution in [3.8, 4) is 17.2 Å². The summed E-state index contributed by atoms with van der Waals surface area (Å²) in [6, 6.07) is 2.68. The van der Waals surface area contributed by atoms with Gasteiger partial charge in [-0.1, -0.05) is 29.8 Å². The van der Waals surface area contributed by atoms with Gasteiger partial charge in [-0.3, -0.25) is 19.3 Å². The number of nitrogens with zero attached hydrogens (tertiary/aromatic N) is 2. The Morgan fingerprint density at radius 1 is 1.17 bits per heavy atom. The van der Waals surface area contributed by atoms with Gasteiger partial charge in [-0.05, 0) is 31.0 Å². The predicted octanol–water partition coefficient (Wildman–Crippen LogP) is -0.609. The van der Waals surface area contributed by atoms with Crippen molar-refractivity contribution >= 4 is 48.4 Å². The maximum absolute atomic E-state index is 13.6. The molecule has 222 valence electrons. The fourth-order valence-electron chi connectivity index (χ4n) is 4.78. The van der Waals surface area contributed by atoms with Crippen LogP contribution in [-0.4, -0.2) is 104 Å². The number of fused-ring (bicyclic) bond motifs is 1. The first kappa shape index (κ1) is 30.4. The molecular formula is C25H26BClN4O11.